The Hall–Kier alpha value is -0.670. The van der Waals surface area contributed by atoms with Gasteiger partial charge in [-0.1, -0.05) is 40.2 Å². The molecule has 0 saturated heterocycles. The molecule has 0 fully saturated rings. The van der Waals surface area contributed by atoms with Crippen LogP contribution in [-0.4, -0.2) is 6.54 Å². The van der Waals surface area contributed by atoms with Crippen LogP contribution < -0.4 is 11.1 Å². The number of nitrogens with one attached hydrogen (secondary N) is 1. The molecule has 1 aromatic rings. The lowest BCUT2D eigenvalue weighted by Crippen LogP contribution is -2.04. The van der Waals surface area contributed by atoms with Crippen LogP contribution in [0.1, 0.15) is 0 Å². The highest BCUT2D eigenvalue weighted by Crippen LogP contribution is 2.27. The van der Waals surface area contributed by atoms with Gasteiger partial charge in [0.2, 0.25) is 0 Å². The van der Waals surface area contributed by atoms with Gasteiger partial charge in [0.1, 0.15) is 0 Å². The number of anilines is 2. The van der Waals surface area contributed by atoms with Crippen molar-refractivity contribution in [2.24, 2.45) is 0 Å². The fourth-order valence-electron chi connectivity index (χ4n) is 0.912. The molecule has 1 rings (SSSR count). The van der Waals surface area contributed by atoms with Crippen molar-refractivity contribution in [1.29, 1.82) is 0 Å². The summed E-state index contributed by atoms with van der Waals surface area (Å²) in [5.74, 6) is 0. The van der Waals surface area contributed by atoms with E-state index in [1.807, 2.05) is 6.07 Å². The fourth-order valence-corrected chi connectivity index (χ4v) is 1.30. The van der Waals surface area contributed by atoms with E-state index >= 15 is 0 Å². The number of rotatable bonds is 3. The number of para-hydroxylation sites is 1. The van der Waals surface area contributed by atoms with Crippen LogP contribution in [0.4, 0.5) is 11.4 Å². The predicted molar refractivity (Wildman–Crippen MR) is 62.4 cm³/mol. The van der Waals surface area contributed by atoms with Crippen molar-refractivity contribution >= 4 is 38.9 Å². The Kier molecular flexibility index (Phi) is 3.63. The monoisotopic (exact) mass is 260 g/mol. The Morgan fingerprint density at radius 2 is 2.31 bits per heavy atom. The molecule has 0 amide bonds. The van der Waals surface area contributed by atoms with Crippen LogP contribution in [0.2, 0.25) is 5.02 Å². The molecule has 0 spiro atoms. The van der Waals surface area contributed by atoms with Gasteiger partial charge in [0.15, 0.2) is 0 Å². The molecule has 0 heterocycles. The molecule has 4 heteroatoms. The highest BCUT2D eigenvalue weighted by Gasteiger charge is 2.02. The molecule has 0 aliphatic heterocycles. The maximum atomic E-state index is 5.93. The molecule has 0 saturated carbocycles. The fraction of sp³-hybridized carbons (Fsp3) is 0.111. The minimum absolute atomic E-state index is 0.605. The lowest BCUT2D eigenvalue weighted by Gasteiger charge is -2.09. The molecule has 13 heavy (non-hydrogen) atoms. The van der Waals surface area contributed by atoms with Crippen LogP contribution in [-0.2, 0) is 0 Å². The van der Waals surface area contributed by atoms with E-state index in [4.69, 9.17) is 17.3 Å². The summed E-state index contributed by atoms with van der Waals surface area (Å²) in [6.45, 7) is 4.30. The van der Waals surface area contributed by atoms with Gasteiger partial charge in [-0.05, 0) is 12.1 Å². The summed E-state index contributed by atoms with van der Waals surface area (Å²) in [6, 6.07) is 5.40. The third-order valence-corrected chi connectivity index (χ3v) is 2.10. The summed E-state index contributed by atoms with van der Waals surface area (Å²) in [7, 11) is 0. The van der Waals surface area contributed by atoms with E-state index in [0.717, 1.165) is 10.2 Å². The second-order valence-corrected chi connectivity index (χ2v) is 4.10. The van der Waals surface area contributed by atoms with Crippen molar-refractivity contribution in [3.05, 3.63) is 34.3 Å². The molecule has 2 nitrogen and oxygen atoms in total. The summed E-state index contributed by atoms with van der Waals surface area (Å²) >= 11 is 9.17. The van der Waals surface area contributed by atoms with Gasteiger partial charge in [-0.15, -0.1) is 0 Å². The molecule has 0 aliphatic rings. The minimum atomic E-state index is 0.605. The van der Waals surface area contributed by atoms with Crippen molar-refractivity contribution in [1.82, 2.24) is 0 Å². The van der Waals surface area contributed by atoms with Crippen molar-refractivity contribution in [2.75, 3.05) is 17.6 Å². The first-order valence-corrected chi connectivity index (χ1v) is 4.89. The van der Waals surface area contributed by atoms with E-state index < -0.39 is 0 Å². The SMILES string of the molecule is C=C(Br)CNc1c(N)cccc1Cl. The van der Waals surface area contributed by atoms with Crippen LogP contribution in [0.3, 0.4) is 0 Å². The first-order valence-electron chi connectivity index (χ1n) is 3.72. The van der Waals surface area contributed by atoms with Gasteiger partial charge < -0.3 is 11.1 Å². The molecule has 3 N–H and O–H groups in total. The first-order chi connectivity index (χ1) is 6.11. The van der Waals surface area contributed by atoms with Crippen LogP contribution in [0.25, 0.3) is 0 Å². The lowest BCUT2D eigenvalue weighted by molar-refractivity contribution is 1.33. The Bertz CT molecular complexity index is 305. The van der Waals surface area contributed by atoms with E-state index in [1.165, 1.54) is 0 Å². The van der Waals surface area contributed by atoms with E-state index in [2.05, 4.69) is 27.8 Å². The third kappa shape index (κ3) is 2.94. The molecule has 0 aromatic heterocycles. The number of benzene rings is 1. The van der Waals surface area contributed by atoms with Gasteiger partial charge in [-0.3, -0.25) is 0 Å². The number of hydrogen-bond acceptors (Lipinski definition) is 2. The average Bonchev–Trinajstić information content (AvgIpc) is 2.03. The Balaban J connectivity index is 2.81. The Labute approximate surface area is 90.9 Å². The highest BCUT2D eigenvalue weighted by atomic mass is 79.9. The van der Waals surface area contributed by atoms with Crippen molar-refractivity contribution in [2.45, 2.75) is 0 Å². The smallest absolute Gasteiger partial charge is 0.0765 e. The topological polar surface area (TPSA) is 38.0 Å². The van der Waals surface area contributed by atoms with Gasteiger partial charge in [-0.2, -0.15) is 0 Å². The van der Waals surface area contributed by atoms with Crippen molar-refractivity contribution in [3.63, 3.8) is 0 Å². The van der Waals surface area contributed by atoms with Gasteiger partial charge in [-0.25, -0.2) is 0 Å². The van der Waals surface area contributed by atoms with Gasteiger partial charge in [0, 0.05) is 11.0 Å². The molecule has 70 valence electrons. The van der Waals surface area contributed by atoms with Crippen LogP contribution >= 0.6 is 27.5 Å². The molecule has 0 bridgehead atoms. The first kappa shape index (κ1) is 10.4. The van der Waals surface area contributed by atoms with E-state index in [0.29, 0.717) is 17.3 Å². The summed E-state index contributed by atoms with van der Waals surface area (Å²) in [5, 5.41) is 3.70. The molecule has 0 radical (unpaired) electrons. The van der Waals surface area contributed by atoms with E-state index in [1.54, 1.807) is 12.1 Å². The zero-order valence-corrected chi connectivity index (χ0v) is 9.32. The Morgan fingerprint density at radius 1 is 1.62 bits per heavy atom. The van der Waals surface area contributed by atoms with E-state index in [-0.39, 0.29) is 0 Å². The zero-order chi connectivity index (χ0) is 9.84. The summed E-state index contributed by atoms with van der Waals surface area (Å²) in [4.78, 5) is 0. The quantitative estimate of drug-likeness (QED) is 0.820. The summed E-state index contributed by atoms with van der Waals surface area (Å²) < 4.78 is 0.854. The normalized spacial score (nSPS) is 9.69. The third-order valence-electron chi connectivity index (χ3n) is 1.50. The maximum absolute atomic E-state index is 5.93. The maximum Gasteiger partial charge on any atom is 0.0765 e. The second-order valence-electron chi connectivity index (χ2n) is 2.57. The van der Waals surface area contributed by atoms with Crippen LogP contribution in [0, 0.1) is 0 Å². The summed E-state index contributed by atoms with van der Waals surface area (Å²) in [5.41, 5.74) is 7.11. The molecular weight excluding hydrogens is 251 g/mol. The van der Waals surface area contributed by atoms with Gasteiger partial charge >= 0.3 is 0 Å². The second kappa shape index (κ2) is 4.53. The summed E-state index contributed by atoms with van der Waals surface area (Å²) in [6.07, 6.45) is 0. The van der Waals surface area contributed by atoms with E-state index in [9.17, 15) is 0 Å². The van der Waals surface area contributed by atoms with Crippen molar-refractivity contribution in [3.8, 4) is 0 Å². The predicted octanol–water partition coefficient (Wildman–Crippen LogP) is 3.24. The standard InChI is InChI=1S/C9H10BrClN2/c1-6(10)5-13-9-7(11)3-2-4-8(9)12/h2-4,13H,1,5,12H2. The van der Waals surface area contributed by atoms with Crippen LogP contribution in [0.5, 0.6) is 0 Å². The highest BCUT2D eigenvalue weighted by molar-refractivity contribution is 9.11. The number of halogens is 2. The Morgan fingerprint density at radius 3 is 2.85 bits per heavy atom. The number of nitrogens with two attached hydrogens (primary N) is 1. The average molecular weight is 262 g/mol. The largest absolute Gasteiger partial charge is 0.397 e. The molecule has 1 aromatic carbocycles. The molecule has 0 aliphatic carbocycles. The minimum Gasteiger partial charge on any atom is -0.397 e. The number of hydrogen-bond donors (Lipinski definition) is 2. The lowest BCUT2D eigenvalue weighted by atomic mass is 10.2. The number of nitrogen functional groups attached to an aromatic ring is 1. The van der Waals surface area contributed by atoms with Crippen molar-refractivity contribution < 1.29 is 0 Å². The van der Waals surface area contributed by atoms with Crippen LogP contribution in [0.15, 0.2) is 29.3 Å². The zero-order valence-electron chi connectivity index (χ0n) is 6.98. The van der Waals surface area contributed by atoms with Gasteiger partial charge in [0.05, 0.1) is 16.4 Å². The molecule has 0 unspecified atom stereocenters. The molecular formula is C9H10BrClN2. The van der Waals surface area contributed by atoms with Gasteiger partial charge in [0.25, 0.3) is 0 Å². The molecule has 0 atom stereocenters.